The number of hydrogen-bond donors (Lipinski definition) is 0. The van der Waals surface area contributed by atoms with Crippen LogP contribution in [0.4, 0.5) is 0 Å². The maximum Gasteiger partial charge on any atom is 0.206 e. The van der Waals surface area contributed by atoms with Crippen molar-refractivity contribution < 1.29 is 9.53 Å². The summed E-state index contributed by atoms with van der Waals surface area (Å²) in [5.41, 5.74) is 5.46. The molecule has 0 aromatic heterocycles. The Labute approximate surface area is 170 Å². The fourth-order valence-corrected chi connectivity index (χ4v) is 4.64. The molecule has 0 amide bonds. The highest BCUT2D eigenvalue weighted by Crippen LogP contribution is 2.46. The normalized spacial score (nSPS) is 24.9. The summed E-state index contributed by atoms with van der Waals surface area (Å²) in [5.74, 6) is 1.18. The molecule has 2 nitrogen and oxygen atoms in total. The summed E-state index contributed by atoms with van der Waals surface area (Å²) in [6.45, 7) is 13.5. The van der Waals surface area contributed by atoms with Gasteiger partial charge in [0.2, 0.25) is 5.78 Å². The lowest BCUT2D eigenvalue weighted by Gasteiger charge is -2.41. The highest BCUT2D eigenvalue weighted by atomic mass is 16.5. The Morgan fingerprint density at radius 3 is 2.18 bits per heavy atom. The molecule has 1 atom stereocenters. The van der Waals surface area contributed by atoms with Crippen molar-refractivity contribution in [2.75, 3.05) is 0 Å². The van der Waals surface area contributed by atoms with Gasteiger partial charge >= 0.3 is 0 Å². The summed E-state index contributed by atoms with van der Waals surface area (Å²) < 4.78 is 6.69. The number of fused-ring (bicyclic) bond motifs is 1. The molecule has 3 aliphatic rings. The molecular weight excluding hydrogens is 344 g/mol. The third-order valence-corrected chi connectivity index (χ3v) is 6.56. The highest BCUT2D eigenvalue weighted by molar-refractivity contribution is 6.05. The van der Waals surface area contributed by atoms with Crippen molar-refractivity contribution in [2.24, 2.45) is 5.41 Å². The molecule has 2 heteroatoms. The Kier molecular flexibility index (Phi) is 4.41. The second kappa shape index (κ2) is 6.34. The molecule has 1 spiro atoms. The number of aryl methyl sites for hydroxylation is 2. The lowest BCUT2D eigenvalue weighted by Crippen LogP contribution is -2.49. The SMILES string of the molecule is CC(C)(C)C1=CC23CCc4cc(C(C)(C)C)cc(c4O2)CCCCC(=C1)C3=O. The van der Waals surface area contributed by atoms with Crippen LogP contribution in [-0.2, 0) is 23.1 Å². The van der Waals surface area contributed by atoms with Gasteiger partial charge in [0.25, 0.3) is 0 Å². The van der Waals surface area contributed by atoms with E-state index in [0.717, 1.165) is 49.8 Å². The van der Waals surface area contributed by atoms with Crippen molar-refractivity contribution >= 4 is 5.78 Å². The zero-order valence-electron chi connectivity index (χ0n) is 18.4. The number of Topliss-reactive ketones (excluding diaryl/α,β-unsaturated/α-hetero) is 1. The first-order valence-corrected chi connectivity index (χ1v) is 10.8. The van der Waals surface area contributed by atoms with Gasteiger partial charge in [-0.05, 0) is 71.3 Å². The van der Waals surface area contributed by atoms with Gasteiger partial charge in [-0.1, -0.05) is 59.8 Å². The van der Waals surface area contributed by atoms with E-state index in [1.165, 1.54) is 22.3 Å². The van der Waals surface area contributed by atoms with Crippen LogP contribution in [0.1, 0.15) is 83.9 Å². The predicted octanol–water partition coefficient (Wildman–Crippen LogP) is 6.26. The number of ether oxygens (including phenoxy) is 1. The molecule has 0 saturated carbocycles. The van der Waals surface area contributed by atoms with Gasteiger partial charge in [-0.3, -0.25) is 4.79 Å². The molecule has 28 heavy (non-hydrogen) atoms. The molecule has 0 fully saturated rings. The van der Waals surface area contributed by atoms with Gasteiger partial charge in [0.1, 0.15) is 5.75 Å². The van der Waals surface area contributed by atoms with Gasteiger partial charge in [-0.15, -0.1) is 0 Å². The second-order valence-corrected chi connectivity index (χ2v) is 10.9. The van der Waals surface area contributed by atoms with Crippen LogP contribution >= 0.6 is 0 Å². The van der Waals surface area contributed by atoms with Gasteiger partial charge < -0.3 is 4.74 Å². The van der Waals surface area contributed by atoms with Gasteiger partial charge in [0, 0.05) is 12.0 Å². The molecule has 1 aromatic rings. The number of ketones is 1. The molecule has 0 N–H and O–H groups in total. The first-order valence-electron chi connectivity index (χ1n) is 10.8. The monoisotopic (exact) mass is 378 g/mol. The Bertz CT molecular complexity index is 886. The van der Waals surface area contributed by atoms with Gasteiger partial charge in [0.15, 0.2) is 5.60 Å². The Hall–Kier alpha value is -1.83. The van der Waals surface area contributed by atoms with Crippen molar-refractivity contribution in [1.82, 2.24) is 0 Å². The Morgan fingerprint density at radius 1 is 0.893 bits per heavy atom. The number of carbonyl (C=O) groups is 1. The maximum atomic E-state index is 13.5. The largest absolute Gasteiger partial charge is 0.474 e. The van der Waals surface area contributed by atoms with Gasteiger partial charge in [-0.2, -0.15) is 0 Å². The fraction of sp³-hybridized carbons (Fsp3) is 0.577. The number of hydrogen-bond acceptors (Lipinski definition) is 2. The van der Waals surface area contributed by atoms with E-state index < -0.39 is 5.60 Å². The number of allylic oxidation sites excluding steroid dienone is 2. The maximum absolute atomic E-state index is 13.5. The molecule has 4 rings (SSSR count). The Balaban J connectivity index is 1.88. The number of rotatable bonds is 0. The van der Waals surface area contributed by atoms with Crippen molar-refractivity contribution in [3.8, 4) is 5.75 Å². The van der Waals surface area contributed by atoms with E-state index in [4.69, 9.17) is 4.74 Å². The number of carbonyl (C=O) groups excluding carboxylic acids is 1. The lowest BCUT2D eigenvalue weighted by molar-refractivity contribution is -0.128. The summed E-state index contributed by atoms with van der Waals surface area (Å²) in [5, 5.41) is 0. The van der Waals surface area contributed by atoms with E-state index >= 15 is 0 Å². The molecule has 1 aliphatic carbocycles. The van der Waals surface area contributed by atoms with Crippen LogP contribution in [0.15, 0.2) is 35.4 Å². The molecule has 1 aromatic carbocycles. The molecule has 2 aliphatic heterocycles. The summed E-state index contributed by atoms with van der Waals surface area (Å²) in [7, 11) is 0. The highest BCUT2D eigenvalue weighted by Gasteiger charge is 2.47. The van der Waals surface area contributed by atoms with E-state index in [1.54, 1.807) is 0 Å². The lowest BCUT2D eigenvalue weighted by atomic mass is 9.72. The van der Waals surface area contributed by atoms with Crippen LogP contribution in [0.2, 0.25) is 0 Å². The minimum atomic E-state index is -0.810. The first-order chi connectivity index (χ1) is 13.0. The zero-order valence-corrected chi connectivity index (χ0v) is 18.4. The van der Waals surface area contributed by atoms with Crippen molar-refractivity contribution in [3.05, 3.63) is 52.1 Å². The average Bonchev–Trinajstić information content (AvgIpc) is 2.59. The van der Waals surface area contributed by atoms with Crippen LogP contribution < -0.4 is 4.74 Å². The molecule has 2 heterocycles. The van der Waals surface area contributed by atoms with E-state index in [1.807, 2.05) is 0 Å². The van der Waals surface area contributed by atoms with Crippen LogP contribution in [0, 0.1) is 5.41 Å². The Morgan fingerprint density at radius 2 is 1.54 bits per heavy atom. The van der Waals surface area contributed by atoms with Crippen LogP contribution in [0.25, 0.3) is 0 Å². The van der Waals surface area contributed by atoms with Crippen molar-refractivity contribution in [1.29, 1.82) is 0 Å². The van der Waals surface area contributed by atoms with E-state index in [-0.39, 0.29) is 16.6 Å². The number of benzene rings is 1. The molecular formula is C26H34O2. The average molecular weight is 379 g/mol. The standard InChI is InChI=1S/C26H34O2/c1-24(2,3)20-13-17-9-7-8-10-19-15-21(25(4,5)6)16-26(23(19)27)12-11-18(14-20)22(17)28-26/h13-16H,7-12H2,1-6H3. The van der Waals surface area contributed by atoms with E-state index in [2.05, 4.69) is 65.8 Å². The zero-order chi connectivity index (χ0) is 20.3. The topological polar surface area (TPSA) is 26.3 Å². The summed E-state index contributed by atoms with van der Waals surface area (Å²) in [6.07, 6.45) is 9.97. The van der Waals surface area contributed by atoms with Crippen LogP contribution in [0.5, 0.6) is 5.75 Å². The molecule has 3 bridgehead atoms. The summed E-state index contributed by atoms with van der Waals surface area (Å²) >= 11 is 0. The minimum Gasteiger partial charge on any atom is -0.474 e. The fourth-order valence-electron chi connectivity index (χ4n) is 4.64. The van der Waals surface area contributed by atoms with E-state index in [9.17, 15) is 4.79 Å². The predicted molar refractivity (Wildman–Crippen MR) is 115 cm³/mol. The van der Waals surface area contributed by atoms with Crippen molar-refractivity contribution in [3.63, 3.8) is 0 Å². The second-order valence-electron chi connectivity index (χ2n) is 10.9. The summed E-state index contributed by atoms with van der Waals surface area (Å²) in [6, 6.07) is 4.65. The quantitative estimate of drug-likeness (QED) is 0.533. The molecule has 0 saturated heterocycles. The third kappa shape index (κ3) is 3.25. The molecule has 1 unspecified atom stereocenters. The van der Waals surface area contributed by atoms with Gasteiger partial charge in [-0.25, -0.2) is 0 Å². The van der Waals surface area contributed by atoms with Crippen LogP contribution in [-0.4, -0.2) is 11.4 Å². The first kappa shape index (κ1) is 19.5. The minimum absolute atomic E-state index is 0.00558. The summed E-state index contributed by atoms with van der Waals surface area (Å²) in [4.78, 5) is 13.5. The van der Waals surface area contributed by atoms with Gasteiger partial charge in [0.05, 0.1) is 0 Å². The third-order valence-electron chi connectivity index (χ3n) is 6.56. The van der Waals surface area contributed by atoms with Crippen molar-refractivity contribution in [2.45, 2.75) is 91.1 Å². The van der Waals surface area contributed by atoms with Crippen LogP contribution in [0.3, 0.4) is 0 Å². The van der Waals surface area contributed by atoms with E-state index in [0.29, 0.717) is 0 Å². The molecule has 0 radical (unpaired) electrons. The smallest absolute Gasteiger partial charge is 0.206 e. The molecule has 150 valence electrons.